The molecule has 0 aliphatic carbocycles. The van der Waals surface area contributed by atoms with Crippen molar-refractivity contribution in [1.29, 1.82) is 5.41 Å². The van der Waals surface area contributed by atoms with Gasteiger partial charge < -0.3 is 20.6 Å². The summed E-state index contributed by atoms with van der Waals surface area (Å²) in [5, 5.41) is 19.9. The van der Waals surface area contributed by atoms with Crippen LogP contribution in [0.15, 0.2) is 65.6 Å². The molecule has 2 unspecified atom stereocenters. The summed E-state index contributed by atoms with van der Waals surface area (Å²) in [5.74, 6) is -0.627. The summed E-state index contributed by atoms with van der Waals surface area (Å²) in [7, 11) is -4.30. The van der Waals surface area contributed by atoms with Gasteiger partial charge in [0.05, 0.1) is 10.5 Å². The number of hydrogen-bond donors (Lipinski definition) is 3. The Morgan fingerprint density at radius 3 is 2.29 bits per heavy atom. The SMILES string of the molecule is Cc1cc(C)c2cccc(C(O)c3c(Cl)ccc(S(=O)(=O)N4CCCC4C(=O)N4CCN(C(=O)c5ccc(C(=N)N)cc5)CC4)c3Cl)c2n1. The lowest BCUT2D eigenvalue weighted by Crippen LogP contribution is -2.55. The van der Waals surface area contributed by atoms with Crippen LogP contribution in [-0.4, -0.2) is 89.0 Å². The Morgan fingerprint density at radius 2 is 1.61 bits per heavy atom. The molecule has 2 atom stereocenters. The minimum absolute atomic E-state index is 0.0386. The number of rotatable bonds is 7. The molecule has 6 rings (SSSR count). The number of amidine groups is 1. The predicted octanol–water partition coefficient (Wildman–Crippen LogP) is 4.66. The fraction of sp³-hybridized carbons (Fsp3) is 0.314. The quantitative estimate of drug-likeness (QED) is 0.185. The van der Waals surface area contributed by atoms with Crippen LogP contribution in [0, 0.1) is 19.3 Å². The van der Waals surface area contributed by atoms with Crippen molar-refractivity contribution < 1.29 is 23.1 Å². The van der Waals surface area contributed by atoms with Crippen molar-refractivity contribution in [2.24, 2.45) is 5.73 Å². The lowest BCUT2D eigenvalue weighted by Gasteiger charge is -2.37. The van der Waals surface area contributed by atoms with E-state index >= 15 is 0 Å². The third-order valence-electron chi connectivity index (χ3n) is 9.26. The van der Waals surface area contributed by atoms with E-state index in [1.807, 2.05) is 26.0 Å². The van der Waals surface area contributed by atoms with Gasteiger partial charge in [-0.15, -0.1) is 0 Å². The molecular formula is C35H36Cl2N6O5S. The number of nitrogens with zero attached hydrogens (tertiary/aromatic N) is 4. The van der Waals surface area contributed by atoms with Crippen LogP contribution >= 0.6 is 23.2 Å². The molecule has 2 saturated heterocycles. The number of nitrogens with one attached hydrogen (secondary N) is 1. The van der Waals surface area contributed by atoms with E-state index in [9.17, 15) is 23.1 Å². The standard InChI is InChI=1S/C35H36Cl2N6O5S/c1-20-19-21(2)40-31-24(20)5-3-6-25(31)32(44)29-26(36)12-13-28(30(29)37)49(47,48)43-14-4-7-27(43)35(46)42-17-15-41(16-18-42)34(45)23-10-8-22(9-11-23)33(38)39/h3,5-6,8-13,19,27,32,44H,4,7,14-18H2,1-2H3,(H3,38,39). The third kappa shape index (κ3) is 6.51. The molecule has 2 fully saturated rings. The summed E-state index contributed by atoms with van der Waals surface area (Å²) in [6.07, 6.45) is -0.568. The van der Waals surface area contributed by atoms with E-state index in [2.05, 4.69) is 4.98 Å². The Labute approximate surface area is 294 Å². The number of aromatic nitrogens is 1. The Balaban J connectivity index is 1.21. The Hall–Kier alpha value is -4.07. The molecule has 0 radical (unpaired) electrons. The van der Waals surface area contributed by atoms with Crippen LogP contribution < -0.4 is 5.73 Å². The Kier molecular flexibility index (Phi) is 9.71. The van der Waals surface area contributed by atoms with Crippen molar-refractivity contribution in [3.63, 3.8) is 0 Å². The van der Waals surface area contributed by atoms with Crippen LogP contribution in [0.25, 0.3) is 10.9 Å². The molecule has 49 heavy (non-hydrogen) atoms. The highest BCUT2D eigenvalue weighted by Crippen LogP contribution is 2.41. The number of sulfonamides is 1. The van der Waals surface area contributed by atoms with Crippen LogP contribution in [0.5, 0.6) is 0 Å². The van der Waals surface area contributed by atoms with Gasteiger partial charge in [-0.05, 0) is 62.6 Å². The zero-order valence-electron chi connectivity index (χ0n) is 27.0. The van der Waals surface area contributed by atoms with Crippen molar-refractivity contribution >= 4 is 61.8 Å². The van der Waals surface area contributed by atoms with Gasteiger partial charge in [-0.2, -0.15) is 4.31 Å². The normalized spacial score (nSPS) is 17.8. The molecule has 256 valence electrons. The van der Waals surface area contributed by atoms with E-state index in [0.717, 1.165) is 16.6 Å². The van der Waals surface area contributed by atoms with Gasteiger partial charge in [-0.25, -0.2) is 8.42 Å². The molecular weight excluding hydrogens is 687 g/mol. The average molecular weight is 724 g/mol. The summed E-state index contributed by atoms with van der Waals surface area (Å²) < 4.78 is 29.6. The number of nitrogen functional groups attached to an aromatic ring is 1. The Bertz CT molecular complexity index is 2080. The summed E-state index contributed by atoms with van der Waals surface area (Å²) in [6, 6.07) is 15.5. The molecule has 0 spiro atoms. The maximum atomic E-state index is 14.2. The van der Waals surface area contributed by atoms with Gasteiger partial charge in [-0.3, -0.25) is 20.0 Å². The number of aryl methyl sites for hydroxylation is 2. The number of halogens is 2. The average Bonchev–Trinajstić information content (AvgIpc) is 3.59. The van der Waals surface area contributed by atoms with Crippen LogP contribution in [0.3, 0.4) is 0 Å². The Morgan fingerprint density at radius 1 is 0.959 bits per heavy atom. The zero-order valence-corrected chi connectivity index (χ0v) is 29.3. The van der Waals surface area contributed by atoms with E-state index < -0.39 is 22.2 Å². The van der Waals surface area contributed by atoms with E-state index in [-0.39, 0.29) is 70.9 Å². The number of nitrogens with two attached hydrogens (primary N) is 1. The maximum Gasteiger partial charge on any atom is 0.253 e. The number of piperazine rings is 1. The van der Waals surface area contributed by atoms with Gasteiger partial charge in [0.15, 0.2) is 0 Å². The van der Waals surface area contributed by atoms with Gasteiger partial charge in [0.1, 0.15) is 22.9 Å². The van der Waals surface area contributed by atoms with Crippen LogP contribution in [0.4, 0.5) is 0 Å². The minimum Gasteiger partial charge on any atom is -0.384 e. The van der Waals surface area contributed by atoms with Crippen molar-refractivity contribution in [2.75, 3.05) is 32.7 Å². The number of pyridine rings is 1. The molecule has 2 aliphatic heterocycles. The monoisotopic (exact) mass is 722 g/mol. The lowest BCUT2D eigenvalue weighted by atomic mass is 9.97. The van der Waals surface area contributed by atoms with E-state index in [0.29, 0.717) is 35.0 Å². The second-order valence-electron chi connectivity index (χ2n) is 12.4. The first-order valence-electron chi connectivity index (χ1n) is 15.9. The van der Waals surface area contributed by atoms with E-state index in [1.165, 1.54) is 16.4 Å². The number of hydrogen-bond acceptors (Lipinski definition) is 7. The van der Waals surface area contributed by atoms with Gasteiger partial charge in [0.25, 0.3) is 5.91 Å². The molecule has 2 aliphatic rings. The molecule has 2 amide bonds. The second kappa shape index (κ2) is 13.7. The first-order chi connectivity index (χ1) is 23.3. The predicted molar refractivity (Wildman–Crippen MR) is 189 cm³/mol. The van der Waals surface area contributed by atoms with Gasteiger partial charge in [0, 0.05) is 71.1 Å². The van der Waals surface area contributed by atoms with E-state index in [4.69, 9.17) is 34.3 Å². The number of benzene rings is 3. The number of aliphatic hydroxyl groups excluding tert-OH is 1. The number of para-hydroxylation sites is 1. The highest BCUT2D eigenvalue weighted by atomic mass is 35.5. The van der Waals surface area contributed by atoms with Crippen molar-refractivity contribution in [3.8, 4) is 0 Å². The summed E-state index contributed by atoms with van der Waals surface area (Å²) in [4.78, 5) is 34.5. The molecule has 14 heteroatoms. The fourth-order valence-electron chi connectivity index (χ4n) is 6.70. The van der Waals surface area contributed by atoms with Gasteiger partial charge in [-0.1, -0.05) is 53.5 Å². The summed E-state index contributed by atoms with van der Waals surface area (Å²) in [6.45, 7) is 4.98. The maximum absolute atomic E-state index is 14.2. The number of carbonyl (C=O) groups is 2. The second-order valence-corrected chi connectivity index (χ2v) is 15.0. The van der Waals surface area contributed by atoms with Crippen molar-refractivity contribution in [1.82, 2.24) is 19.1 Å². The largest absolute Gasteiger partial charge is 0.384 e. The van der Waals surface area contributed by atoms with Crippen LogP contribution in [-0.2, 0) is 14.8 Å². The van der Waals surface area contributed by atoms with Crippen LogP contribution in [0.2, 0.25) is 10.0 Å². The summed E-state index contributed by atoms with van der Waals surface area (Å²) >= 11 is 13.4. The van der Waals surface area contributed by atoms with Crippen LogP contribution in [0.1, 0.15) is 57.3 Å². The molecule has 4 aromatic rings. The van der Waals surface area contributed by atoms with Crippen molar-refractivity contribution in [2.45, 2.75) is 43.7 Å². The molecule has 0 bridgehead atoms. The number of carbonyl (C=O) groups excluding carboxylic acids is 2. The number of aliphatic hydroxyl groups is 1. The topological polar surface area (TPSA) is 161 Å². The molecule has 1 aromatic heterocycles. The van der Waals surface area contributed by atoms with Gasteiger partial charge in [0.2, 0.25) is 15.9 Å². The molecule has 0 saturated carbocycles. The highest BCUT2D eigenvalue weighted by Gasteiger charge is 2.43. The number of fused-ring (bicyclic) bond motifs is 1. The fourth-order valence-corrected chi connectivity index (χ4v) is 9.30. The van der Waals surface area contributed by atoms with Gasteiger partial charge >= 0.3 is 0 Å². The van der Waals surface area contributed by atoms with E-state index in [1.54, 1.807) is 46.2 Å². The first kappa shape index (κ1) is 34.8. The molecule has 4 N–H and O–H groups in total. The summed E-state index contributed by atoms with van der Waals surface area (Å²) in [5.41, 5.74) is 9.24. The first-order valence-corrected chi connectivity index (χ1v) is 18.1. The minimum atomic E-state index is -4.30. The smallest absolute Gasteiger partial charge is 0.253 e. The molecule has 3 aromatic carbocycles. The third-order valence-corrected chi connectivity index (χ3v) is 12.1. The lowest BCUT2D eigenvalue weighted by molar-refractivity contribution is -0.136. The number of amides is 2. The highest BCUT2D eigenvalue weighted by molar-refractivity contribution is 7.89. The molecule has 11 nitrogen and oxygen atoms in total. The zero-order chi connectivity index (χ0) is 35.2. The van der Waals surface area contributed by atoms with Crippen molar-refractivity contribution in [3.05, 3.63) is 104 Å². The molecule has 3 heterocycles.